The second-order valence-electron chi connectivity index (χ2n) is 7.93. The molecule has 32 heavy (non-hydrogen) atoms. The lowest BCUT2D eigenvalue weighted by atomic mass is 10.0. The molecule has 0 spiro atoms. The van der Waals surface area contributed by atoms with E-state index in [0.29, 0.717) is 12.6 Å². The summed E-state index contributed by atoms with van der Waals surface area (Å²) in [6.45, 7) is 0.543. The number of methoxy groups -OCH3 is 1. The highest BCUT2D eigenvalue weighted by Gasteiger charge is 2.34. The summed E-state index contributed by atoms with van der Waals surface area (Å²) in [5, 5.41) is 3.05. The minimum Gasteiger partial charge on any atom is -0.497 e. The smallest absolute Gasteiger partial charge is 0.264 e. The van der Waals surface area contributed by atoms with E-state index in [1.54, 1.807) is 18.9 Å². The third-order valence-electron chi connectivity index (χ3n) is 5.77. The van der Waals surface area contributed by atoms with Crippen molar-refractivity contribution in [2.45, 2.75) is 30.3 Å². The van der Waals surface area contributed by atoms with Gasteiger partial charge in [-0.1, -0.05) is 24.3 Å². The second kappa shape index (κ2) is 8.96. The Morgan fingerprint density at radius 2 is 2.03 bits per heavy atom. The first-order valence-corrected chi connectivity index (χ1v) is 12.7. The summed E-state index contributed by atoms with van der Waals surface area (Å²) in [5.74, 6) is 0.902. The number of carbonyl (C=O) groups excluding carboxylic acids is 1. The van der Waals surface area contributed by atoms with E-state index >= 15 is 0 Å². The summed E-state index contributed by atoms with van der Waals surface area (Å²) in [7, 11) is 1.67. The molecule has 1 fully saturated rings. The fourth-order valence-electron chi connectivity index (χ4n) is 3.94. The average Bonchev–Trinajstić information content (AvgIpc) is 3.53. The van der Waals surface area contributed by atoms with E-state index in [9.17, 15) is 4.79 Å². The Kier molecular flexibility index (Phi) is 5.89. The molecule has 0 radical (unpaired) electrons. The van der Waals surface area contributed by atoms with Crippen molar-refractivity contribution in [3.05, 3.63) is 76.5 Å². The molecule has 1 amide bonds. The Morgan fingerprint density at radius 3 is 2.75 bits per heavy atom. The van der Waals surface area contributed by atoms with Crippen LogP contribution in [0.5, 0.6) is 5.75 Å². The average molecular weight is 461 g/mol. The molecule has 0 unspecified atom stereocenters. The zero-order chi connectivity index (χ0) is 22.1. The molecule has 5 rings (SSSR count). The van der Waals surface area contributed by atoms with Gasteiger partial charge in [-0.15, -0.1) is 23.1 Å². The van der Waals surface area contributed by atoms with Gasteiger partial charge in [0.15, 0.2) is 0 Å². The highest BCUT2D eigenvalue weighted by atomic mass is 32.2. The van der Waals surface area contributed by atoms with E-state index in [2.05, 4.69) is 36.6 Å². The Bertz CT molecular complexity index is 1270. The van der Waals surface area contributed by atoms with Gasteiger partial charge in [0.1, 0.15) is 5.75 Å². The van der Waals surface area contributed by atoms with Gasteiger partial charge >= 0.3 is 0 Å². The lowest BCUT2D eigenvalue weighted by molar-refractivity contribution is 0.0735. The lowest BCUT2D eigenvalue weighted by Crippen LogP contribution is -2.32. The van der Waals surface area contributed by atoms with Crippen molar-refractivity contribution in [1.82, 2.24) is 9.88 Å². The van der Waals surface area contributed by atoms with Crippen molar-refractivity contribution in [1.29, 1.82) is 0 Å². The minimum absolute atomic E-state index is 0.108. The molecule has 6 heteroatoms. The van der Waals surface area contributed by atoms with Gasteiger partial charge in [-0.2, -0.15) is 0 Å². The quantitative estimate of drug-likeness (QED) is 0.295. The number of aromatic nitrogens is 1. The van der Waals surface area contributed by atoms with Crippen LogP contribution < -0.4 is 4.74 Å². The fraction of sp³-hybridized carbons (Fsp3) is 0.231. The molecule has 0 atom stereocenters. The Hall–Kier alpha value is -2.83. The molecule has 4 aromatic rings. The Labute approximate surface area is 196 Å². The van der Waals surface area contributed by atoms with Crippen molar-refractivity contribution >= 4 is 39.9 Å². The number of benzene rings is 2. The molecule has 162 valence electrons. The van der Waals surface area contributed by atoms with E-state index in [4.69, 9.17) is 9.72 Å². The number of pyridine rings is 1. The Balaban J connectivity index is 1.62. The van der Waals surface area contributed by atoms with E-state index < -0.39 is 0 Å². The molecular formula is C26H24N2O2S2. The first-order chi connectivity index (χ1) is 15.7. The predicted molar refractivity (Wildman–Crippen MR) is 133 cm³/mol. The fourth-order valence-corrected chi connectivity index (χ4v) is 5.05. The van der Waals surface area contributed by atoms with Crippen molar-refractivity contribution < 1.29 is 9.53 Å². The van der Waals surface area contributed by atoms with Crippen molar-refractivity contribution in [3.63, 3.8) is 0 Å². The standard InChI is InChI=1S/C26H24N2O2S2/c1-30-21-6-3-5-18(14-21)25-19(13-17-8-11-22(31-2)15-23(17)27-25)16-28(20-9-10-20)26(29)24-7-4-12-32-24/h3-8,11-15,20H,9-10,16H2,1-2H3. The molecule has 1 aliphatic carbocycles. The Morgan fingerprint density at radius 1 is 1.16 bits per heavy atom. The third kappa shape index (κ3) is 4.25. The molecule has 2 aromatic carbocycles. The largest absolute Gasteiger partial charge is 0.497 e. The highest BCUT2D eigenvalue weighted by Crippen LogP contribution is 2.35. The van der Waals surface area contributed by atoms with Crippen molar-refractivity contribution in [2.24, 2.45) is 0 Å². The van der Waals surface area contributed by atoms with Crippen LogP contribution in [0.4, 0.5) is 0 Å². The monoisotopic (exact) mass is 460 g/mol. The molecule has 1 aliphatic rings. The number of rotatable bonds is 7. The van der Waals surface area contributed by atoms with Crippen LogP contribution >= 0.6 is 23.1 Å². The molecule has 1 saturated carbocycles. The van der Waals surface area contributed by atoms with Crippen LogP contribution in [0.3, 0.4) is 0 Å². The van der Waals surface area contributed by atoms with Crippen LogP contribution in [-0.2, 0) is 6.54 Å². The summed E-state index contributed by atoms with van der Waals surface area (Å²) in [5.41, 5.74) is 3.91. The maximum Gasteiger partial charge on any atom is 0.264 e. The van der Waals surface area contributed by atoms with Crippen LogP contribution in [-0.4, -0.2) is 35.2 Å². The van der Waals surface area contributed by atoms with Crippen molar-refractivity contribution in [2.75, 3.05) is 13.4 Å². The van der Waals surface area contributed by atoms with Crippen molar-refractivity contribution in [3.8, 4) is 17.0 Å². The number of carbonyl (C=O) groups is 1. The lowest BCUT2D eigenvalue weighted by Gasteiger charge is -2.23. The molecule has 0 saturated heterocycles. The van der Waals surface area contributed by atoms with Crippen LogP contribution in [0.2, 0.25) is 0 Å². The van der Waals surface area contributed by atoms with Gasteiger partial charge in [0.2, 0.25) is 0 Å². The summed E-state index contributed by atoms with van der Waals surface area (Å²) in [6, 6.07) is 20.7. The van der Waals surface area contributed by atoms with Gasteiger partial charge < -0.3 is 9.64 Å². The van der Waals surface area contributed by atoms with Gasteiger partial charge in [-0.25, -0.2) is 4.98 Å². The summed E-state index contributed by atoms with van der Waals surface area (Å²) >= 11 is 3.21. The molecule has 2 aromatic heterocycles. The van der Waals surface area contributed by atoms with Gasteiger partial charge in [0.05, 0.1) is 23.2 Å². The van der Waals surface area contributed by atoms with Gasteiger partial charge in [-0.3, -0.25) is 4.79 Å². The normalized spacial score (nSPS) is 13.3. The summed E-state index contributed by atoms with van der Waals surface area (Å²) in [6.07, 6.45) is 4.19. The summed E-state index contributed by atoms with van der Waals surface area (Å²) < 4.78 is 5.46. The first kappa shape index (κ1) is 21.0. The molecule has 2 heterocycles. The van der Waals surface area contributed by atoms with Gasteiger partial charge in [0.25, 0.3) is 5.91 Å². The highest BCUT2D eigenvalue weighted by molar-refractivity contribution is 7.98. The maximum atomic E-state index is 13.3. The zero-order valence-electron chi connectivity index (χ0n) is 18.1. The number of nitrogens with zero attached hydrogens (tertiary/aromatic N) is 2. The molecule has 0 aliphatic heterocycles. The first-order valence-electron chi connectivity index (χ1n) is 10.6. The zero-order valence-corrected chi connectivity index (χ0v) is 19.7. The van der Waals surface area contributed by atoms with E-state index in [1.807, 2.05) is 40.6 Å². The number of hydrogen-bond donors (Lipinski definition) is 0. The third-order valence-corrected chi connectivity index (χ3v) is 7.35. The number of thioether (sulfide) groups is 1. The van der Waals surface area contributed by atoms with Crippen LogP contribution in [0.1, 0.15) is 28.1 Å². The minimum atomic E-state index is 0.108. The summed E-state index contributed by atoms with van der Waals surface area (Å²) in [4.78, 5) is 22.4. The van der Waals surface area contributed by atoms with Gasteiger partial charge in [-0.05, 0) is 66.4 Å². The molecule has 0 bridgehead atoms. The van der Waals surface area contributed by atoms with Crippen LogP contribution in [0, 0.1) is 0 Å². The van der Waals surface area contributed by atoms with Gasteiger partial charge in [0, 0.05) is 28.4 Å². The van der Waals surface area contributed by atoms with E-state index in [1.165, 1.54) is 16.2 Å². The van der Waals surface area contributed by atoms with Crippen LogP contribution in [0.15, 0.2) is 70.9 Å². The number of fused-ring (bicyclic) bond motifs is 1. The number of amides is 1. The SMILES string of the molecule is COc1cccc(-c2nc3cc(SC)ccc3cc2CN(C(=O)c2cccs2)C2CC2)c1. The second-order valence-corrected chi connectivity index (χ2v) is 9.76. The van der Waals surface area contributed by atoms with E-state index in [0.717, 1.165) is 51.2 Å². The van der Waals surface area contributed by atoms with E-state index in [-0.39, 0.29) is 5.91 Å². The van der Waals surface area contributed by atoms with Crippen LogP contribution in [0.25, 0.3) is 22.2 Å². The number of ether oxygens (including phenoxy) is 1. The topological polar surface area (TPSA) is 42.4 Å². The number of thiophene rings is 1. The predicted octanol–water partition coefficient (Wildman–Crippen LogP) is 6.50. The number of hydrogen-bond acceptors (Lipinski definition) is 5. The molecular weight excluding hydrogens is 436 g/mol. The molecule has 0 N–H and O–H groups in total. The molecule has 4 nitrogen and oxygen atoms in total. The maximum absolute atomic E-state index is 13.3.